The lowest BCUT2D eigenvalue weighted by Gasteiger charge is -1.96. The van der Waals surface area contributed by atoms with E-state index in [0.717, 1.165) is 10.1 Å². The number of hydrogen-bond donors (Lipinski definition) is 0. The van der Waals surface area contributed by atoms with Crippen LogP contribution in [0.5, 0.6) is 0 Å². The minimum Gasteiger partial charge on any atom is -0.266 e. The average Bonchev–Trinajstić information content (AvgIpc) is 2.58. The van der Waals surface area contributed by atoms with E-state index in [-0.39, 0.29) is 0 Å². The highest BCUT2D eigenvalue weighted by Gasteiger charge is 2.06. The van der Waals surface area contributed by atoms with Crippen molar-refractivity contribution in [3.8, 4) is 0 Å². The van der Waals surface area contributed by atoms with Gasteiger partial charge in [-0.15, -0.1) is 0 Å². The quantitative estimate of drug-likeness (QED) is 0.630. The molecule has 0 saturated heterocycles. The molecule has 0 amide bonds. The third-order valence-electron chi connectivity index (χ3n) is 1.85. The number of halogens is 2. The van der Waals surface area contributed by atoms with E-state index in [1.807, 2.05) is 20.0 Å². The van der Waals surface area contributed by atoms with Crippen molar-refractivity contribution in [2.75, 3.05) is 0 Å². The van der Waals surface area contributed by atoms with Gasteiger partial charge in [-0.25, -0.2) is 4.98 Å². The molecule has 0 saturated carbocycles. The summed E-state index contributed by atoms with van der Waals surface area (Å²) >= 11 is 5.67. The summed E-state index contributed by atoms with van der Waals surface area (Å²) in [5.41, 5.74) is 2.29. The van der Waals surface area contributed by atoms with E-state index in [1.54, 1.807) is 9.12 Å². The summed E-state index contributed by atoms with van der Waals surface area (Å²) in [6, 6.07) is 2.10. The van der Waals surface area contributed by atoms with Gasteiger partial charge in [0, 0.05) is 52.6 Å². The van der Waals surface area contributed by atoms with Crippen LogP contribution in [-0.4, -0.2) is 8.96 Å². The van der Waals surface area contributed by atoms with Gasteiger partial charge in [0.15, 0.2) is 5.65 Å². The first kappa shape index (κ1) is 13.3. The Morgan fingerprint density at radius 1 is 1.47 bits per heavy atom. The summed E-state index contributed by atoms with van der Waals surface area (Å²) in [6.07, 6.45) is 3.92. The molecule has 0 aliphatic rings. The Morgan fingerprint density at radius 3 is 2.73 bits per heavy atom. The van der Waals surface area contributed by atoms with Gasteiger partial charge in [-0.3, -0.25) is 3.97 Å². The number of pyridine rings is 1. The van der Waals surface area contributed by atoms with Gasteiger partial charge in [-0.2, -0.15) is 0 Å². The standard InChI is InChI=1S/C8H6BrIN2S.C2H6/c1-5-4-12(13-10)8-7(5)2-6(9)3-11-8;1-2/h2-4H,1H3;1-2H3. The molecule has 0 atom stereocenters. The van der Waals surface area contributed by atoms with Crippen molar-refractivity contribution >= 4 is 57.3 Å². The fraction of sp³-hybridized carbons (Fsp3) is 0.300. The molecule has 2 aromatic heterocycles. The van der Waals surface area contributed by atoms with Gasteiger partial charge in [0.2, 0.25) is 0 Å². The second-order valence-electron chi connectivity index (χ2n) is 2.73. The minimum absolute atomic E-state index is 1.03. The van der Waals surface area contributed by atoms with Crippen LogP contribution in [0.4, 0.5) is 0 Å². The van der Waals surface area contributed by atoms with Crippen LogP contribution in [0.3, 0.4) is 0 Å². The van der Waals surface area contributed by atoms with Crippen LogP contribution in [0.15, 0.2) is 22.9 Å². The van der Waals surface area contributed by atoms with E-state index >= 15 is 0 Å². The van der Waals surface area contributed by atoms with Gasteiger partial charge in [-0.1, -0.05) is 13.8 Å². The van der Waals surface area contributed by atoms with Gasteiger partial charge in [0.1, 0.15) is 0 Å². The Balaban J connectivity index is 0.000000531. The van der Waals surface area contributed by atoms with Crippen LogP contribution in [-0.2, 0) is 0 Å². The Labute approximate surface area is 115 Å². The van der Waals surface area contributed by atoms with Crippen LogP contribution < -0.4 is 0 Å². The first-order chi connectivity index (χ1) is 7.22. The van der Waals surface area contributed by atoms with Gasteiger partial charge in [0.25, 0.3) is 0 Å². The number of aromatic nitrogens is 2. The molecule has 2 heterocycles. The third kappa shape index (κ3) is 2.88. The SMILES string of the molecule is CC.Cc1cn(SI)c2ncc(Br)cc12. The van der Waals surface area contributed by atoms with Gasteiger partial charge in [-0.05, 0) is 34.5 Å². The maximum atomic E-state index is 4.36. The van der Waals surface area contributed by atoms with Crippen LogP contribution in [0.2, 0.25) is 0 Å². The van der Waals surface area contributed by atoms with Crippen molar-refractivity contribution in [3.63, 3.8) is 0 Å². The van der Waals surface area contributed by atoms with E-state index in [2.05, 4.69) is 65.3 Å². The Bertz CT molecular complexity index is 456. The summed E-state index contributed by atoms with van der Waals surface area (Å²) < 4.78 is 3.09. The zero-order chi connectivity index (χ0) is 11.4. The normalized spacial score (nSPS) is 9.93. The molecular weight excluding hydrogens is 387 g/mol. The molecule has 82 valence electrons. The van der Waals surface area contributed by atoms with Crippen molar-refractivity contribution in [2.45, 2.75) is 20.8 Å². The Morgan fingerprint density at radius 2 is 2.13 bits per heavy atom. The molecule has 2 aromatic rings. The lowest BCUT2D eigenvalue weighted by Crippen LogP contribution is -1.82. The number of nitrogens with zero attached hydrogens (tertiary/aromatic N) is 2. The molecule has 0 bridgehead atoms. The van der Waals surface area contributed by atoms with Gasteiger partial charge >= 0.3 is 0 Å². The number of aryl methyl sites for hydroxylation is 1. The molecule has 0 fully saturated rings. The minimum atomic E-state index is 1.03. The van der Waals surface area contributed by atoms with Gasteiger partial charge in [0.05, 0.1) is 0 Å². The molecule has 2 rings (SSSR count). The smallest absolute Gasteiger partial charge is 0.150 e. The van der Waals surface area contributed by atoms with Crippen LogP contribution in [0.25, 0.3) is 11.0 Å². The first-order valence-corrected chi connectivity index (χ1v) is 8.75. The van der Waals surface area contributed by atoms with Gasteiger partial charge < -0.3 is 0 Å². The first-order valence-electron chi connectivity index (χ1n) is 4.64. The molecule has 0 unspecified atom stereocenters. The molecule has 0 spiro atoms. The molecule has 0 radical (unpaired) electrons. The van der Waals surface area contributed by atoms with Crippen molar-refractivity contribution < 1.29 is 0 Å². The topological polar surface area (TPSA) is 17.8 Å². The molecule has 0 aliphatic carbocycles. The molecule has 15 heavy (non-hydrogen) atoms. The summed E-state index contributed by atoms with van der Waals surface area (Å²) in [6.45, 7) is 6.10. The molecule has 0 N–H and O–H groups in total. The molecule has 0 aromatic carbocycles. The van der Waals surface area contributed by atoms with Crippen molar-refractivity contribution in [3.05, 3.63) is 28.5 Å². The Hall–Kier alpha value is 0.250. The predicted octanol–water partition coefficient (Wildman–Crippen LogP) is 4.98. The maximum Gasteiger partial charge on any atom is 0.150 e. The highest BCUT2D eigenvalue weighted by molar-refractivity contribution is 14.2. The highest BCUT2D eigenvalue weighted by atomic mass is 127. The number of hydrogen-bond acceptors (Lipinski definition) is 2. The highest BCUT2D eigenvalue weighted by Crippen LogP contribution is 2.27. The van der Waals surface area contributed by atoms with E-state index in [4.69, 9.17) is 0 Å². The van der Waals surface area contributed by atoms with Crippen LogP contribution in [0, 0.1) is 6.92 Å². The lowest BCUT2D eigenvalue weighted by molar-refractivity contribution is 1.26. The van der Waals surface area contributed by atoms with Crippen LogP contribution >= 0.6 is 46.3 Å². The summed E-state index contributed by atoms with van der Waals surface area (Å²) in [5, 5.41) is 1.21. The lowest BCUT2D eigenvalue weighted by atomic mass is 10.2. The number of rotatable bonds is 1. The molecule has 0 aliphatic heterocycles. The zero-order valence-corrected chi connectivity index (χ0v) is 13.4. The molecule has 5 heteroatoms. The third-order valence-corrected chi connectivity index (χ3v) is 3.99. The van der Waals surface area contributed by atoms with E-state index in [0.29, 0.717) is 0 Å². The number of fused-ring (bicyclic) bond motifs is 1. The van der Waals surface area contributed by atoms with E-state index in [9.17, 15) is 0 Å². The van der Waals surface area contributed by atoms with E-state index in [1.165, 1.54) is 10.9 Å². The van der Waals surface area contributed by atoms with E-state index < -0.39 is 0 Å². The zero-order valence-electron chi connectivity index (χ0n) is 8.79. The second-order valence-corrected chi connectivity index (χ2v) is 5.36. The summed E-state index contributed by atoms with van der Waals surface area (Å²) in [4.78, 5) is 4.36. The average molecular weight is 399 g/mol. The monoisotopic (exact) mass is 398 g/mol. The van der Waals surface area contributed by atoms with Crippen molar-refractivity contribution in [1.29, 1.82) is 0 Å². The fourth-order valence-electron chi connectivity index (χ4n) is 1.26. The molecule has 2 nitrogen and oxygen atoms in total. The fourth-order valence-corrected chi connectivity index (χ4v) is 2.90. The maximum absolute atomic E-state index is 4.36. The summed E-state index contributed by atoms with van der Waals surface area (Å²) in [7, 11) is 1.63. The molecular formula is C10H12BrIN2S. The largest absolute Gasteiger partial charge is 0.266 e. The second kappa shape index (κ2) is 6.10. The van der Waals surface area contributed by atoms with Crippen LogP contribution in [0.1, 0.15) is 19.4 Å². The van der Waals surface area contributed by atoms with Crippen molar-refractivity contribution in [1.82, 2.24) is 8.96 Å². The summed E-state index contributed by atoms with van der Waals surface area (Å²) in [5.74, 6) is 0. The Kier molecular flexibility index (Phi) is 5.42. The predicted molar refractivity (Wildman–Crippen MR) is 80.5 cm³/mol. The van der Waals surface area contributed by atoms with Crippen molar-refractivity contribution in [2.24, 2.45) is 0 Å².